The van der Waals surface area contributed by atoms with Gasteiger partial charge in [-0.3, -0.25) is 9.59 Å². The number of pyridine rings is 1. The molecular formula is C13H14N2O5. The van der Waals surface area contributed by atoms with Gasteiger partial charge in [0, 0.05) is 25.3 Å². The molecule has 0 radical (unpaired) electrons. The Morgan fingerprint density at radius 1 is 1.30 bits per heavy atom. The zero-order valence-electron chi connectivity index (χ0n) is 10.7. The molecule has 2 aliphatic heterocycles. The minimum absolute atomic E-state index is 0.00676. The van der Waals surface area contributed by atoms with Crippen LogP contribution in [0.2, 0.25) is 0 Å². The van der Waals surface area contributed by atoms with Gasteiger partial charge in [0.2, 0.25) is 5.43 Å². The number of rotatable bonds is 1. The van der Waals surface area contributed by atoms with Crippen LogP contribution in [-0.4, -0.2) is 44.1 Å². The Balaban J connectivity index is 2.18. The Hall–Kier alpha value is -2.31. The second-order valence-electron chi connectivity index (χ2n) is 5.17. The number of carbonyl (C=O) groups is 2. The van der Waals surface area contributed by atoms with E-state index in [4.69, 9.17) is 5.11 Å². The third-order valence-corrected chi connectivity index (χ3v) is 3.98. The SMILES string of the molecule is O=C(O)c1cn2c(c(O)c1=O)C(=O)N1CCCCC1C2. The van der Waals surface area contributed by atoms with Crippen molar-refractivity contribution in [2.75, 3.05) is 6.54 Å². The number of carboxylic acids is 1. The topological polar surface area (TPSA) is 99.8 Å². The van der Waals surface area contributed by atoms with E-state index < -0.39 is 28.6 Å². The second kappa shape index (κ2) is 4.36. The van der Waals surface area contributed by atoms with Gasteiger partial charge in [0.15, 0.2) is 11.4 Å². The summed E-state index contributed by atoms with van der Waals surface area (Å²) in [6, 6.07) is 0.00676. The number of aromatic nitrogens is 1. The molecule has 2 aliphatic rings. The third kappa shape index (κ3) is 1.70. The summed E-state index contributed by atoms with van der Waals surface area (Å²) in [6.45, 7) is 1.02. The van der Waals surface area contributed by atoms with E-state index in [1.807, 2.05) is 0 Å². The molecule has 1 amide bonds. The standard InChI is InChI=1S/C13H14N2O5/c16-10-8(13(19)20)6-14-5-7-3-1-2-4-15(7)12(18)9(14)11(10)17/h6-7,17H,1-5H2,(H,19,20). The van der Waals surface area contributed by atoms with Crippen molar-refractivity contribution in [1.82, 2.24) is 9.47 Å². The van der Waals surface area contributed by atoms with Crippen LogP contribution in [0, 0.1) is 0 Å². The number of amides is 1. The van der Waals surface area contributed by atoms with Gasteiger partial charge in [-0.1, -0.05) is 0 Å². The lowest BCUT2D eigenvalue weighted by Crippen LogP contribution is -2.51. The summed E-state index contributed by atoms with van der Waals surface area (Å²) in [6.07, 6.45) is 3.92. The number of carbonyl (C=O) groups excluding carboxylic acids is 1. The molecule has 1 unspecified atom stereocenters. The van der Waals surface area contributed by atoms with Crippen molar-refractivity contribution < 1.29 is 19.8 Å². The van der Waals surface area contributed by atoms with E-state index in [1.54, 1.807) is 4.90 Å². The van der Waals surface area contributed by atoms with Crippen molar-refractivity contribution in [2.45, 2.75) is 31.8 Å². The number of aromatic hydroxyl groups is 1. The fraction of sp³-hybridized carbons (Fsp3) is 0.462. The molecule has 7 heteroatoms. The molecule has 7 nitrogen and oxygen atoms in total. The lowest BCUT2D eigenvalue weighted by molar-refractivity contribution is 0.0501. The van der Waals surface area contributed by atoms with Crippen molar-refractivity contribution in [3.63, 3.8) is 0 Å². The quantitative estimate of drug-likeness (QED) is 0.767. The summed E-state index contributed by atoms with van der Waals surface area (Å²) in [4.78, 5) is 36.8. The number of piperidine rings is 1. The van der Waals surface area contributed by atoms with Crippen LogP contribution in [-0.2, 0) is 6.54 Å². The molecule has 0 aromatic carbocycles. The van der Waals surface area contributed by atoms with Crippen LogP contribution in [0.1, 0.15) is 40.1 Å². The molecule has 3 heterocycles. The first-order valence-corrected chi connectivity index (χ1v) is 6.51. The Labute approximate surface area is 114 Å². The van der Waals surface area contributed by atoms with Gasteiger partial charge in [-0.05, 0) is 19.3 Å². The number of hydrogen-bond donors (Lipinski definition) is 2. The van der Waals surface area contributed by atoms with Gasteiger partial charge in [-0.15, -0.1) is 0 Å². The summed E-state index contributed by atoms with van der Waals surface area (Å²) in [5, 5.41) is 18.9. The number of nitrogens with zero attached hydrogens (tertiary/aromatic N) is 2. The van der Waals surface area contributed by atoms with Gasteiger partial charge in [0.05, 0.1) is 0 Å². The highest BCUT2D eigenvalue weighted by Gasteiger charge is 2.37. The molecule has 1 aromatic rings. The fourth-order valence-corrected chi connectivity index (χ4v) is 2.99. The van der Waals surface area contributed by atoms with E-state index in [1.165, 1.54) is 4.57 Å². The molecule has 0 aliphatic carbocycles. The van der Waals surface area contributed by atoms with Crippen molar-refractivity contribution in [3.05, 3.63) is 27.7 Å². The Bertz CT molecular complexity index is 663. The predicted molar refractivity (Wildman–Crippen MR) is 68.0 cm³/mol. The zero-order chi connectivity index (χ0) is 14.4. The summed E-state index contributed by atoms with van der Waals surface area (Å²) < 4.78 is 1.40. The Morgan fingerprint density at radius 2 is 2.05 bits per heavy atom. The number of aromatic carboxylic acids is 1. The fourth-order valence-electron chi connectivity index (χ4n) is 2.99. The summed E-state index contributed by atoms with van der Waals surface area (Å²) in [5.74, 6) is -2.56. The maximum absolute atomic E-state index is 12.4. The highest BCUT2D eigenvalue weighted by Crippen LogP contribution is 2.28. The maximum atomic E-state index is 12.4. The summed E-state index contributed by atoms with van der Waals surface area (Å²) in [7, 11) is 0. The first kappa shape index (κ1) is 12.7. The lowest BCUT2D eigenvalue weighted by Gasteiger charge is -2.40. The first-order chi connectivity index (χ1) is 9.50. The normalized spacial score (nSPS) is 21.3. The molecule has 2 N–H and O–H groups in total. The smallest absolute Gasteiger partial charge is 0.341 e. The number of carboxylic acid groups (broad SMARTS) is 1. The lowest BCUT2D eigenvalue weighted by atomic mass is 9.98. The van der Waals surface area contributed by atoms with Crippen molar-refractivity contribution in [3.8, 4) is 5.75 Å². The average Bonchev–Trinajstić information content (AvgIpc) is 2.42. The molecule has 0 bridgehead atoms. The van der Waals surface area contributed by atoms with E-state index in [0.717, 1.165) is 25.5 Å². The van der Waals surface area contributed by atoms with Crippen molar-refractivity contribution in [2.24, 2.45) is 0 Å². The average molecular weight is 278 g/mol. The zero-order valence-corrected chi connectivity index (χ0v) is 10.7. The van der Waals surface area contributed by atoms with Crippen LogP contribution in [0.15, 0.2) is 11.0 Å². The van der Waals surface area contributed by atoms with Crippen LogP contribution in [0.3, 0.4) is 0 Å². The van der Waals surface area contributed by atoms with E-state index in [2.05, 4.69) is 0 Å². The summed E-state index contributed by atoms with van der Waals surface area (Å²) >= 11 is 0. The van der Waals surface area contributed by atoms with E-state index >= 15 is 0 Å². The van der Waals surface area contributed by atoms with Gasteiger partial charge in [0.25, 0.3) is 5.91 Å². The van der Waals surface area contributed by atoms with Gasteiger partial charge in [0.1, 0.15) is 5.56 Å². The third-order valence-electron chi connectivity index (χ3n) is 3.98. The minimum Gasteiger partial charge on any atom is -0.503 e. The molecule has 1 fully saturated rings. The predicted octanol–water partition coefficient (Wildman–Crippen LogP) is 0.260. The van der Waals surface area contributed by atoms with E-state index in [0.29, 0.717) is 13.1 Å². The van der Waals surface area contributed by atoms with E-state index in [-0.39, 0.29) is 11.7 Å². The first-order valence-electron chi connectivity index (χ1n) is 6.51. The molecule has 0 saturated carbocycles. The molecule has 0 spiro atoms. The Kier molecular flexibility index (Phi) is 2.77. The van der Waals surface area contributed by atoms with E-state index in [9.17, 15) is 19.5 Å². The molecule has 3 rings (SSSR count). The molecule has 106 valence electrons. The Morgan fingerprint density at radius 3 is 2.75 bits per heavy atom. The minimum atomic E-state index is -1.40. The van der Waals surface area contributed by atoms with Crippen LogP contribution in [0.5, 0.6) is 5.75 Å². The van der Waals surface area contributed by atoms with Gasteiger partial charge in [-0.25, -0.2) is 4.79 Å². The monoisotopic (exact) mass is 278 g/mol. The second-order valence-corrected chi connectivity index (χ2v) is 5.17. The highest BCUT2D eigenvalue weighted by atomic mass is 16.4. The number of fused-ring (bicyclic) bond motifs is 2. The molecule has 1 saturated heterocycles. The molecule has 1 atom stereocenters. The largest absolute Gasteiger partial charge is 0.503 e. The van der Waals surface area contributed by atoms with Crippen LogP contribution < -0.4 is 5.43 Å². The van der Waals surface area contributed by atoms with Crippen LogP contribution >= 0.6 is 0 Å². The van der Waals surface area contributed by atoms with Crippen molar-refractivity contribution in [1.29, 1.82) is 0 Å². The number of hydrogen-bond acceptors (Lipinski definition) is 4. The van der Waals surface area contributed by atoms with Crippen LogP contribution in [0.4, 0.5) is 0 Å². The highest BCUT2D eigenvalue weighted by molar-refractivity contribution is 5.97. The van der Waals surface area contributed by atoms with Gasteiger partial charge < -0.3 is 19.7 Å². The molecular weight excluding hydrogens is 264 g/mol. The molecule has 20 heavy (non-hydrogen) atoms. The summed E-state index contributed by atoms with van der Waals surface area (Å²) in [5.41, 5.74) is -1.62. The molecule has 1 aromatic heterocycles. The van der Waals surface area contributed by atoms with Gasteiger partial charge in [-0.2, -0.15) is 0 Å². The van der Waals surface area contributed by atoms with Crippen LogP contribution in [0.25, 0.3) is 0 Å². The van der Waals surface area contributed by atoms with Crippen molar-refractivity contribution >= 4 is 11.9 Å². The van der Waals surface area contributed by atoms with Gasteiger partial charge >= 0.3 is 5.97 Å². The maximum Gasteiger partial charge on any atom is 0.341 e.